The number of urea groups is 1. The van der Waals surface area contributed by atoms with Crippen LogP contribution < -0.4 is 10.6 Å². The number of benzene rings is 1. The van der Waals surface area contributed by atoms with Gasteiger partial charge in [0.25, 0.3) is 6.43 Å². The topological polar surface area (TPSA) is 90.0 Å². The summed E-state index contributed by atoms with van der Waals surface area (Å²) in [5.41, 5.74) is 1.32. The summed E-state index contributed by atoms with van der Waals surface area (Å²) in [7, 11) is 0. The van der Waals surface area contributed by atoms with Crippen LogP contribution in [0.5, 0.6) is 0 Å². The molecule has 1 atom stereocenters. The normalized spacial score (nSPS) is 12.6. The molecule has 1 aromatic carbocycles. The van der Waals surface area contributed by atoms with Gasteiger partial charge in [0.1, 0.15) is 0 Å². The summed E-state index contributed by atoms with van der Waals surface area (Å²) in [6.45, 7) is 1.92. The lowest BCUT2D eigenvalue weighted by Gasteiger charge is -2.14. The first-order valence-electron chi connectivity index (χ1n) is 6.95. The number of aliphatic hydroxyl groups is 1. The standard InChI is InChI=1S/C14H18F2N4O2/c1-8(3-2-6-21)17-14(22)18-9-4-5-10-11(7-9)20-13(19-10)12(15)16/h4-5,7-8,12,21H,2-3,6H2,1H3,(H,19,20)(H2,17,18,22). The van der Waals surface area contributed by atoms with Crippen molar-refractivity contribution in [3.63, 3.8) is 0 Å². The molecule has 6 nitrogen and oxygen atoms in total. The van der Waals surface area contributed by atoms with Crippen LogP contribution in [0.15, 0.2) is 18.2 Å². The molecule has 22 heavy (non-hydrogen) atoms. The molecule has 0 aliphatic rings. The number of imidazole rings is 1. The molecule has 1 heterocycles. The van der Waals surface area contributed by atoms with Crippen molar-refractivity contribution in [3.8, 4) is 0 Å². The van der Waals surface area contributed by atoms with Crippen molar-refractivity contribution in [1.29, 1.82) is 0 Å². The van der Waals surface area contributed by atoms with Crippen LogP contribution in [0, 0.1) is 0 Å². The van der Waals surface area contributed by atoms with Gasteiger partial charge in [0, 0.05) is 18.3 Å². The number of halogens is 2. The van der Waals surface area contributed by atoms with Crippen molar-refractivity contribution >= 4 is 22.8 Å². The van der Waals surface area contributed by atoms with E-state index in [4.69, 9.17) is 5.11 Å². The van der Waals surface area contributed by atoms with Crippen LogP contribution in [-0.4, -0.2) is 33.8 Å². The molecule has 0 bridgehead atoms. The third kappa shape index (κ3) is 4.14. The molecule has 0 saturated carbocycles. The SMILES string of the molecule is CC(CCCO)NC(=O)Nc1ccc2nc(C(F)F)[nH]c2c1. The fourth-order valence-corrected chi connectivity index (χ4v) is 2.07. The number of nitrogens with zero attached hydrogens (tertiary/aromatic N) is 1. The summed E-state index contributed by atoms with van der Waals surface area (Å²) in [4.78, 5) is 18.1. The molecule has 0 spiro atoms. The Morgan fingerprint density at radius 1 is 1.45 bits per heavy atom. The largest absolute Gasteiger partial charge is 0.396 e. The van der Waals surface area contributed by atoms with Gasteiger partial charge in [0.2, 0.25) is 0 Å². The second kappa shape index (κ2) is 7.17. The van der Waals surface area contributed by atoms with E-state index in [0.717, 1.165) is 0 Å². The number of rotatable bonds is 6. The number of hydrogen-bond donors (Lipinski definition) is 4. The molecular weight excluding hydrogens is 294 g/mol. The van der Waals surface area contributed by atoms with E-state index in [1.165, 1.54) is 0 Å². The van der Waals surface area contributed by atoms with Crippen molar-refractivity contribution in [1.82, 2.24) is 15.3 Å². The number of aromatic nitrogens is 2. The van der Waals surface area contributed by atoms with E-state index in [1.807, 2.05) is 6.92 Å². The lowest BCUT2D eigenvalue weighted by molar-refractivity contribution is 0.142. The van der Waals surface area contributed by atoms with Gasteiger partial charge in [-0.1, -0.05) is 0 Å². The molecule has 0 radical (unpaired) electrons. The minimum absolute atomic E-state index is 0.0755. The molecule has 2 amide bonds. The Morgan fingerprint density at radius 3 is 2.91 bits per heavy atom. The monoisotopic (exact) mass is 312 g/mol. The number of hydrogen-bond acceptors (Lipinski definition) is 3. The van der Waals surface area contributed by atoms with Gasteiger partial charge in [-0.05, 0) is 38.0 Å². The van der Waals surface area contributed by atoms with Gasteiger partial charge in [-0.25, -0.2) is 18.6 Å². The Bertz CT molecular complexity index is 645. The fourth-order valence-electron chi connectivity index (χ4n) is 2.07. The number of aliphatic hydroxyl groups excluding tert-OH is 1. The van der Waals surface area contributed by atoms with Gasteiger partial charge < -0.3 is 20.7 Å². The van der Waals surface area contributed by atoms with Crippen LogP contribution in [0.25, 0.3) is 11.0 Å². The Balaban J connectivity index is 2.00. The zero-order chi connectivity index (χ0) is 16.1. The van der Waals surface area contributed by atoms with Crippen LogP contribution in [0.2, 0.25) is 0 Å². The predicted molar refractivity (Wildman–Crippen MR) is 79.0 cm³/mol. The molecule has 120 valence electrons. The number of aromatic amines is 1. The highest BCUT2D eigenvalue weighted by atomic mass is 19.3. The van der Waals surface area contributed by atoms with E-state index in [2.05, 4.69) is 20.6 Å². The summed E-state index contributed by atoms with van der Waals surface area (Å²) in [6, 6.07) is 4.23. The molecule has 4 N–H and O–H groups in total. The minimum atomic E-state index is -2.67. The van der Waals surface area contributed by atoms with Gasteiger partial charge in [-0.3, -0.25) is 0 Å². The van der Waals surface area contributed by atoms with Crippen molar-refractivity contribution in [2.45, 2.75) is 32.2 Å². The number of fused-ring (bicyclic) bond motifs is 1. The number of carbonyl (C=O) groups excluding carboxylic acids is 1. The first-order chi connectivity index (χ1) is 10.5. The van der Waals surface area contributed by atoms with Gasteiger partial charge in [0.05, 0.1) is 11.0 Å². The number of alkyl halides is 2. The highest BCUT2D eigenvalue weighted by Crippen LogP contribution is 2.22. The number of nitrogens with one attached hydrogen (secondary N) is 3. The van der Waals surface area contributed by atoms with Gasteiger partial charge in [-0.2, -0.15) is 0 Å². The van der Waals surface area contributed by atoms with Gasteiger partial charge in [-0.15, -0.1) is 0 Å². The molecule has 1 unspecified atom stereocenters. The maximum atomic E-state index is 12.6. The smallest absolute Gasteiger partial charge is 0.319 e. The summed E-state index contributed by atoms with van der Waals surface area (Å²) in [5, 5.41) is 14.1. The Morgan fingerprint density at radius 2 is 2.23 bits per heavy atom. The molecular formula is C14H18F2N4O2. The Hall–Kier alpha value is -2.22. The van der Waals surface area contributed by atoms with E-state index in [0.29, 0.717) is 29.6 Å². The van der Waals surface area contributed by atoms with E-state index in [-0.39, 0.29) is 12.6 Å². The third-order valence-electron chi connectivity index (χ3n) is 3.14. The van der Waals surface area contributed by atoms with Crippen molar-refractivity contribution in [3.05, 3.63) is 24.0 Å². The molecule has 2 aromatic rings. The van der Waals surface area contributed by atoms with E-state index >= 15 is 0 Å². The highest BCUT2D eigenvalue weighted by molar-refractivity contribution is 5.92. The zero-order valence-corrected chi connectivity index (χ0v) is 12.1. The zero-order valence-electron chi connectivity index (χ0n) is 12.1. The number of H-pyrrole nitrogens is 1. The lowest BCUT2D eigenvalue weighted by Crippen LogP contribution is -2.36. The van der Waals surface area contributed by atoms with Gasteiger partial charge in [0.15, 0.2) is 5.82 Å². The summed E-state index contributed by atoms with van der Waals surface area (Å²) >= 11 is 0. The van der Waals surface area contributed by atoms with E-state index < -0.39 is 18.3 Å². The quantitative estimate of drug-likeness (QED) is 0.661. The molecule has 0 aliphatic heterocycles. The second-order valence-corrected chi connectivity index (χ2v) is 5.02. The molecule has 8 heteroatoms. The fraction of sp³-hybridized carbons (Fsp3) is 0.429. The number of amides is 2. The first-order valence-corrected chi connectivity index (χ1v) is 6.95. The second-order valence-electron chi connectivity index (χ2n) is 5.02. The number of carbonyl (C=O) groups is 1. The van der Waals surface area contributed by atoms with Crippen LogP contribution in [0.4, 0.5) is 19.3 Å². The van der Waals surface area contributed by atoms with Crippen LogP contribution in [-0.2, 0) is 0 Å². The minimum Gasteiger partial charge on any atom is -0.396 e. The molecule has 2 rings (SSSR count). The van der Waals surface area contributed by atoms with Crippen LogP contribution >= 0.6 is 0 Å². The molecule has 0 saturated heterocycles. The maximum Gasteiger partial charge on any atom is 0.319 e. The summed E-state index contributed by atoms with van der Waals surface area (Å²) < 4.78 is 25.1. The molecule has 0 aliphatic carbocycles. The van der Waals surface area contributed by atoms with Crippen LogP contribution in [0.3, 0.4) is 0 Å². The van der Waals surface area contributed by atoms with Crippen molar-refractivity contribution < 1.29 is 18.7 Å². The maximum absolute atomic E-state index is 12.6. The average molecular weight is 312 g/mol. The highest BCUT2D eigenvalue weighted by Gasteiger charge is 2.13. The third-order valence-corrected chi connectivity index (χ3v) is 3.14. The predicted octanol–water partition coefficient (Wildman–Crippen LogP) is 2.78. The van der Waals surface area contributed by atoms with Gasteiger partial charge >= 0.3 is 6.03 Å². The number of anilines is 1. The molecule has 1 aromatic heterocycles. The Labute approximate surface area is 125 Å². The van der Waals surface area contributed by atoms with Crippen molar-refractivity contribution in [2.24, 2.45) is 0 Å². The van der Waals surface area contributed by atoms with E-state index in [1.54, 1.807) is 18.2 Å². The summed E-state index contributed by atoms with van der Waals surface area (Å²) in [5.74, 6) is -0.394. The van der Waals surface area contributed by atoms with Crippen molar-refractivity contribution in [2.75, 3.05) is 11.9 Å². The summed E-state index contributed by atoms with van der Waals surface area (Å²) in [6.07, 6.45) is -1.39. The average Bonchev–Trinajstić information content (AvgIpc) is 2.88. The molecule has 0 fully saturated rings. The lowest BCUT2D eigenvalue weighted by atomic mass is 10.2. The first kappa shape index (κ1) is 16.2. The Kier molecular flexibility index (Phi) is 5.26. The van der Waals surface area contributed by atoms with E-state index in [9.17, 15) is 13.6 Å². The van der Waals surface area contributed by atoms with Crippen LogP contribution in [0.1, 0.15) is 32.0 Å².